The van der Waals surface area contributed by atoms with Crippen molar-refractivity contribution in [3.63, 3.8) is 0 Å². The van der Waals surface area contributed by atoms with Gasteiger partial charge >= 0.3 is 0 Å². The summed E-state index contributed by atoms with van der Waals surface area (Å²) in [5.74, 6) is 0.00259. The molecule has 1 aromatic carbocycles. The van der Waals surface area contributed by atoms with Gasteiger partial charge in [-0.3, -0.25) is 4.79 Å². The topological polar surface area (TPSA) is 41.6 Å². The van der Waals surface area contributed by atoms with E-state index in [1.54, 1.807) is 11.9 Å². The maximum atomic E-state index is 12.2. The smallest absolute Gasteiger partial charge is 0.257 e. The van der Waals surface area contributed by atoms with Crippen LogP contribution >= 0.6 is 0 Å². The van der Waals surface area contributed by atoms with Crippen molar-refractivity contribution in [3.8, 4) is 0 Å². The van der Waals surface area contributed by atoms with Crippen molar-refractivity contribution in [2.75, 3.05) is 31.6 Å². The number of hydrogen-bond acceptors (Lipinski definition) is 3. The number of rotatable bonds is 2. The van der Waals surface area contributed by atoms with Crippen molar-refractivity contribution in [2.24, 2.45) is 0 Å². The Balaban J connectivity index is 2.08. The van der Waals surface area contributed by atoms with Crippen LogP contribution < -0.4 is 10.2 Å². The molecule has 1 aliphatic rings. The number of carbonyl (C=O) groups excluding carboxylic acids is 1. The second-order valence-electron chi connectivity index (χ2n) is 4.30. The molecule has 2 rings (SSSR count). The van der Waals surface area contributed by atoms with Crippen LogP contribution in [0.1, 0.15) is 5.56 Å². The minimum Gasteiger partial charge on any atom is -0.366 e. The van der Waals surface area contributed by atoms with E-state index < -0.39 is 0 Å². The summed E-state index contributed by atoms with van der Waals surface area (Å²) in [5, 5.41) is 3.16. The zero-order chi connectivity index (χ0) is 12.3. The zero-order valence-corrected chi connectivity index (χ0v) is 10.3. The molecule has 1 atom stereocenters. The van der Waals surface area contributed by atoms with Gasteiger partial charge in [0.15, 0.2) is 0 Å². The van der Waals surface area contributed by atoms with Gasteiger partial charge in [-0.25, -0.2) is 0 Å². The van der Waals surface area contributed by atoms with Crippen molar-refractivity contribution in [3.05, 3.63) is 29.8 Å². The van der Waals surface area contributed by atoms with Gasteiger partial charge in [-0.2, -0.15) is 0 Å². The van der Waals surface area contributed by atoms with E-state index in [4.69, 9.17) is 4.74 Å². The van der Waals surface area contributed by atoms with E-state index in [1.807, 2.05) is 31.2 Å². The first kappa shape index (κ1) is 12.1. The van der Waals surface area contributed by atoms with Gasteiger partial charge in [0.2, 0.25) is 0 Å². The number of benzene rings is 1. The fraction of sp³-hybridized carbons (Fsp3) is 0.462. The lowest BCUT2D eigenvalue weighted by Crippen LogP contribution is -2.48. The SMILES string of the molecule is Cc1cccc(N(C)C(=O)C2CNCCO2)c1. The van der Waals surface area contributed by atoms with Gasteiger partial charge in [0.05, 0.1) is 6.61 Å². The Kier molecular flexibility index (Phi) is 3.76. The molecule has 0 radical (unpaired) electrons. The Bertz CT molecular complexity index is 400. The number of anilines is 1. The lowest BCUT2D eigenvalue weighted by atomic mass is 10.2. The summed E-state index contributed by atoms with van der Waals surface area (Å²) in [6, 6.07) is 7.89. The van der Waals surface area contributed by atoms with Crippen LogP contribution in [0.25, 0.3) is 0 Å². The van der Waals surface area contributed by atoms with E-state index in [9.17, 15) is 4.79 Å². The molecule has 1 aliphatic heterocycles. The highest BCUT2D eigenvalue weighted by atomic mass is 16.5. The molecule has 1 saturated heterocycles. The Morgan fingerprint density at radius 2 is 2.35 bits per heavy atom. The number of ether oxygens (including phenoxy) is 1. The average Bonchev–Trinajstić information content (AvgIpc) is 2.38. The molecule has 17 heavy (non-hydrogen) atoms. The second kappa shape index (κ2) is 5.29. The first-order chi connectivity index (χ1) is 8.18. The molecule has 1 N–H and O–H groups in total. The normalized spacial score (nSPS) is 20.0. The van der Waals surface area contributed by atoms with Crippen molar-refractivity contribution >= 4 is 11.6 Å². The fourth-order valence-electron chi connectivity index (χ4n) is 1.90. The number of nitrogens with zero attached hydrogens (tertiary/aromatic N) is 1. The molecule has 1 amide bonds. The summed E-state index contributed by atoms with van der Waals surface area (Å²) in [5.41, 5.74) is 2.05. The van der Waals surface area contributed by atoms with E-state index in [-0.39, 0.29) is 12.0 Å². The van der Waals surface area contributed by atoms with Gasteiger partial charge < -0.3 is 15.0 Å². The molecule has 0 saturated carbocycles. The third-order valence-electron chi connectivity index (χ3n) is 2.92. The highest BCUT2D eigenvalue weighted by molar-refractivity contribution is 5.96. The number of likely N-dealkylation sites (N-methyl/N-ethyl adjacent to an activating group) is 1. The largest absolute Gasteiger partial charge is 0.366 e. The molecule has 1 aromatic rings. The lowest BCUT2D eigenvalue weighted by molar-refractivity contribution is -0.131. The predicted molar refractivity (Wildman–Crippen MR) is 67.2 cm³/mol. The quantitative estimate of drug-likeness (QED) is 0.828. The zero-order valence-electron chi connectivity index (χ0n) is 10.3. The Hall–Kier alpha value is -1.39. The molecule has 1 fully saturated rings. The average molecular weight is 234 g/mol. The number of hydrogen-bond donors (Lipinski definition) is 1. The molecule has 4 heteroatoms. The number of aryl methyl sites for hydroxylation is 1. The van der Waals surface area contributed by atoms with E-state index in [1.165, 1.54) is 0 Å². The van der Waals surface area contributed by atoms with Gasteiger partial charge in [-0.15, -0.1) is 0 Å². The first-order valence-corrected chi connectivity index (χ1v) is 5.85. The lowest BCUT2D eigenvalue weighted by Gasteiger charge is -2.27. The highest BCUT2D eigenvalue weighted by Crippen LogP contribution is 2.16. The molecule has 92 valence electrons. The van der Waals surface area contributed by atoms with Gasteiger partial charge in [-0.05, 0) is 24.6 Å². The Morgan fingerprint density at radius 3 is 3.00 bits per heavy atom. The Labute approximate surface area is 102 Å². The summed E-state index contributed by atoms with van der Waals surface area (Å²) < 4.78 is 5.46. The molecule has 1 heterocycles. The summed E-state index contributed by atoms with van der Waals surface area (Å²) in [7, 11) is 1.79. The van der Waals surface area contributed by atoms with Crippen LogP contribution in [0.15, 0.2) is 24.3 Å². The first-order valence-electron chi connectivity index (χ1n) is 5.85. The summed E-state index contributed by atoms with van der Waals surface area (Å²) in [6.45, 7) is 4.02. The van der Waals surface area contributed by atoms with Crippen LogP contribution in [0.2, 0.25) is 0 Å². The van der Waals surface area contributed by atoms with Crippen LogP contribution in [-0.2, 0) is 9.53 Å². The molecular weight excluding hydrogens is 216 g/mol. The summed E-state index contributed by atoms with van der Waals surface area (Å²) in [4.78, 5) is 13.8. The summed E-state index contributed by atoms with van der Waals surface area (Å²) in [6.07, 6.45) is -0.366. The van der Waals surface area contributed by atoms with E-state index in [0.717, 1.165) is 17.8 Å². The predicted octanol–water partition coefficient (Wildman–Crippen LogP) is 0.946. The van der Waals surface area contributed by atoms with Gasteiger partial charge in [0.25, 0.3) is 5.91 Å². The molecule has 0 bridgehead atoms. The van der Waals surface area contributed by atoms with Crippen LogP contribution in [0.4, 0.5) is 5.69 Å². The van der Waals surface area contributed by atoms with Crippen LogP contribution in [0, 0.1) is 6.92 Å². The molecule has 1 unspecified atom stereocenters. The number of amides is 1. The van der Waals surface area contributed by atoms with Crippen molar-refractivity contribution in [1.82, 2.24) is 5.32 Å². The third-order valence-corrected chi connectivity index (χ3v) is 2.92. The van der Waals surface area contributed by atoms with Crippen molar-refractivity contribution in [2.45, 2.75) is 13.0 Å². The molecular formula is C13H18N2O2. The molecule has 4 nitrogen and oxygen atoms in total. The minimum atomic E-state index is -0.366. The van der Waals surface area contributed by atoms with Gasteiger partial charge in [0, 0.05) is 25.8 Å². The second-order valence-corrected chi connectivity index (χ2v) is 4.30. The number of morpholine rings is 1. The van der Waals surface area contributed by atoms with Crippen molar-refractivity contribution in [1.29, 1.82) is 0 Å². The van der Waals surface area contributed by atoms with Gasteiger partial charge in [-0.1, -0.05) is 12.1 Å². The molecule has 0 spiro atoms. The molecule has 0 aliphatic carbocycles. The maximum Gasteiger partial charge on any atom is 0.257 e. The summed E-state index contributed by atoms with van der Waals surface area (Å²) >= 11 is 0. The fourth-order valence-corrected chi connectivity index (χ4v) is 1.90. The number of carbonyl (C=O) groups is 1. The van der Waals surface area contributed by atoms with Crippen molar-refractivity contribution < 1.29 is 9.53 Å². The van der Waals surface area contributed by atoms with Crippen LogP contribution in [-0.4, -0.2) is 38.8 Å². The van der Waals surface area contributed by atoms with E-state index in [0.29, 0.717) is 13.2 Å². The van der Waals surface area contributed by atoms with E-state index in [2.05, 4.69) is 5.32 Å². The highest BCUT2D eigenvalue weighted by Gasteiger charge is 2.25. The van der Waals surface area contributed by atoms with E-state index >= 15 is 0 Å². The van der Waals surface area contributed by atoms with Gasteiger partial charge in [0.1, 0.15) is 6.10 Å². The minimum absolute atomic E-state index is 0.00259. The molecule has 0 aromatic heterocycles. The van der Waals surface area contributed by atoms with Crippen LogP contribution in [0.5, 0.6) is 0 Å². The van der Waals surface area contributed by atoms with Crippen LogP contribution in [0.3, 0.4) is 0 Å². The third kappa shape index (κ3) is 2.84. The monoisotopic (exact) mass is 234 g/mol. The standard InChI is InChI=1S/C13H18N2O2/c1-10-4-3-5-11(8-10)15(2)13(16)12-9-14-6-7-17-12/h3-5,8,12,14H,6-7,9H2,1-2H3. The Morgan fingerprint density at radius 1 is 1.53 bits per heavy atom. The maximum absolute atomic E-state index is 12.2. The number of nitrogens with one attached hydrogen (secondary N) is 1.